The number of carbonyl (C=O) groups is 2. The third-order valence-electron chi connectivity index (χ3n) is 16.2. The van der Waals surface area contributed by atoms with Gasteiger partial charge in [-0.1, -0.05) is 301 Å². The van der Waals surface area contributed by atoms with Gasteiger partial charge in [0.1, 0.15) is 24.4 Å². The van der Waals surface area contributed by atoms with Gasteiger partial charge in [0.05, 0.1) is 32.0 Å². The maximum atomic E-state index is 13.0. The summed E-state index contributed by atoms with van der Waals surface area (Å²) >= 11 is 0. The maximum Gasteiger partial charge on any atom is 0.305 e. The predicted octanol–water partition coefficient (Wildman–Crippen LogP) is 17.0. The van der Waals surface area contributed by atoms with Crippen molar-refractivity contribution in [2.24, 2.45) is 0 Å². The Kier molecular flexibility index (Phi) is 55.6. The average Bonchev–Trinajstić information content (AvgIpc) is 3.47. The first-order chi connectivity index (χ1) is 39.2. The summed E-state index contributed by atoms with van der Waals surface area (Å²) in [5, 5.41) is 54.3. The molecule has 80 heavy (non-hydrogen) atoms. The second-order valence-electron chi connectivity index (χ2n) is 23.8. The van der Waals surface area contributed by atoms with Crippen molar-refractivity contribution < 1.29 is 49.3 Å². The lowest BCUT2D eigenvalue weighted by molar-refractivity contribution is -0.302. The fourth-order valence-electron chi connectivity index (χ4n) is 10.9. The van der Waals surface area contributed by atoms with E-state index in [9.17, 15) is 35.1 Å². The van der Waals surface area contributed by atoms with Gasteiger partial charge in [-0.15, -0.1) is 0 Å². The summed E-state index contributed by atoms with van der Waals surface area (Å²) in [4.78, 5) is 25.0. The normalized spacial score (nSPS) is 18.5. The largest absolute Gasteiger partial charge is 0.466 e. The van der Waals surface area contributed by atoms with Gasteiger partial charge in [-0.05, 0) is 51.4 Å². The standard InChI is InChI=1S/C69H129NO10/c1-3-5-7-9-11-13-36-41-45-49-53-57-65(74)78-58-54-50-46-42-38-35-33-31-29-27-25-23-21-19-17-15-16-18-20-22-24-26-28-30-32-34-37-40-44-48-52-56-64(73)70-61(60-79-69-68(77)67(76)66(75)63(59-71)80-69)62(72)55-51-47-43-39-14-12-10-8-6-4-2/h6,8,14,39,51,55,61-63,66-69,71-72,75-77H,3-5,7,9-13,15-38,40-50,52-54,56-60H2,1-2H3,(H,70,73)/b8-6+,39-14+,55-51+. The van der Waals surface area contributed by atoms with E-state index in [4.69, 9.17) is 14.2 Å². The highest BCUT2D eigenvalue weighted by Crippen LogP contribution is 2.23. The number of hydrogen-bond acceptors (Lipinski definition) is 10. The molecule has 0 saturated carbocycles. The van der Waals surface area contributed by atoms with E-state index in [1.165, 1.54) is 238 Å². The number of allylic oxidation sites excluding steroid dienone is 5. The number of esters is 1. The van der Waals surface area contributed by atoms with Crippen LogP contribution >= 0.6 is 0 Å². The van der Waals surface area contributed by atoms with Crippen LogP contribution < -0.4 is 5.32 Å². The van der Waals surface area contributed by atoms with Gasteiger partial charge in [-0.3, -0.25) is 9.59 Å². The Bertz CT molecular complexity index is 1420. The Morgan fingerprint density at radius 3 is 1.23 bits per heavy atom. The molecule has 6 N–H and O–H groups in total. The van der Waals surface area contributed by atoms with Crippen LogP contribution in [0.5, 0.6) is 0 Å². The molecular formula is C69H129NO10. The highest BCUT2D eigenvalue weighted by atomic mass is 16.7. The minimum atomic E-state index is -1.58. The van der Waals surface area contributed by atoms with Crippen molar-refractivity contribution in [2.45, 2.75) is 371 Å². The number of amides is 1. The van der Waals surface area contributed by atoms with Crippen molar-refractivity contribution in [3.05, 3.63) is 36.5 Å². The molecule has 0 aromatic rings. The number of aliphatic hydroxyl groups is 5. The fourth-order valence-corrected chi connectivity index (χ4v) is 10.9. The molecule has 1 aliphatic rings. The van der Waals surface area contributed by atoms with E-state index in [1.54, 1.807) is 6.08 Å². The van der Waals surface area contributed by atoms with Crippen molar-refractivity contribution >= 4 is 11.9 Å². The Morgan fingerprint density at radius 1 is 0.463 bits per heavy atom. The summed E-state index contributed by atoms with van der Waals surface area (Å²) in [6, 6.07) is -0.830. The van der Waals surface area contributed by atoms with Crippen LogP contribution in [0.15, 0.2) is 36.5 Å². The van der Waals surface area contributed by atoms with Gasteiger partial charge in [0.2, 0.25) is 5.91 Å². The Balaban J connectivity index is 1.92. The molecule has 11 heteroatoms. The van der Waals surface area contributed by atoms with Gasteiger partial charge in [0, 0.05) is 12.8 Å². The fraction of sp³-hybridized carbons (Fsp3) is 0.884. The van der Waals surface area contributed by atoms with Crippen LogP contribution in [-0.2, 0) is 23.8 Å². The summed E-state index contributed by atoms with van der Waals surface area (Å²) in [5.41, 5.74) is 0. The summed E-state index contributed by atoms with van der Waals surface area (Å²) in [5.74, 6) is -0.181. The lowest BCUT2D eigenvalue weighted by Crippen LogP contribution is -2.60. The molecule has 0 aromatic heterocycles. The number of hydrogen-bond donors (Lipinski definition) is 6. The number of rotatable bonds is 60. The molecule has 1 rings (SSSR count). The second-order valence-corrected chi connectivity index (χ2v) is 23.8. The molecule has 0 aliphatic carbocycles. The zero-order valence-corrected chi connectivity index (χ0v) is 52.1. The molecule has 1 heterocycles. The Labute approximate surface area is 492 Å². The highest BCUT2D eigenvalue weighted by Gasteiger charge is 2.44. The van der Waals surface area contributed by atoms with E-state index in [-0.39, 0.29) is 18.5 Å². The van der Waals surface area contributed by atoms with Crippen LogP contribution in [0.1, 0.15) is 328 Å². The van der Waals surface area contributed by atoms with Crippen LogP contribution in [0, 0.1) is 0 Å². The third kappa shape index (κ3) is 47.3. The van der Waals surface area contributed by atoms with Crippen molar-refractivity contribution in [3.8, 4) is 0 Å². The highest BCUT2D eigenvalue weighted by molar-refractivity contribution is 5.76. The lowest BCUT2D eigenvalue weighted by Gasteiger charge is -2.40. The maximum absolute atomic E-state index is 13.0. The topological polar surface area (TPSA) is 175 Å². The molecule has 0 spiro atoms. The average molecular weight is 1130 g/mol. The molecule has 1 fully saturated rings. The molecule has 0 aromatic carbocycles. The summed E-state index contributed by atoms with van der Waals surface area (Å²) in [7, 11) is 0. The zero-order chi connectivity index (χ0) is 58.0. The van der Waals surface area contributed by atoms with Crippen LogP contribution in [0.4, 0.5) is 0 Å². The van der Waals surface area contributed by atoms with Gasteiger partial charge < -0.3 is 45.1 Å². The Hall–Kier alpha value is -2.12. The monoisotopic (exact) mass is 1130 g/mol. The number of nitrogens with one attached hydrogen (secondary N) is 1. The lowest BCUT2D eigenvalue weighted by atomic mass is 9.99. The molecule has 0 bridgehead atoms. The molecule has 1 saturated heterocycles. The SMILES string of the molecule is CC/C=C/CC/C=C/CC/C=C/C(O)C(COC1OC(CO)C(O)C(O)C1O)NC(=O)CCCCCCCCCCCCCCCCCCCCCCCCCCCCCCCCCOC(=O)CCCCCCCCCCCCC. The Morgan fingerprint density at radius 2 is 0.825 bits per heavy atom. The van der Waals surface area contributed by atoms with E-state index >= 15 is 0 Å². The molecular weight excluding hydrogens is 1000 g/mol. The minimum absolute atomic E-state index is 0.0121. The smallest absolute Gasteiger partial charge is 0.305 e. The quantitative estimate of drug-likeness (QED) is 0.0195. The van der Waals surface area contributed by atoms with E-state index in [1.807, 2.05) is 6.08 Å². The van der Waals surface area contributed by atoms with Crippen LogP contribution in [0.3, 0.4) is 0 Å². The molecule has 7 unspecified atom stereocenters. The third-order valence-corrected chi connectivity index (χ3v) is 16.2. The van der Waals surface area contributed by atoms with E-state index in [0.29, 0.717) is 19.4 Å². The van der Waals surface area contributed by atoms with Crippen molar-refractivity contribution in [1.29, 1.82) is 0 Å². The van der Waals surface area contributed by atoms with Crippen molar-refractivity contribution in [2.75, 3.05) is 19.8 Å². The predicted molar refractivity (Wildman–Crippen MR) is 334 cm³/mol. The van der Waals surface area contributed by atoms with Gasteiger partial charge in [-0.25, -0.2) is 0 Å². The second kappa shape index (κ2) is 58.6. The number of ether oxygens (including phenoxy) is 3. The number of unbranched alkanes of at least 4 members (excludes halogenated alkanes) is 42. The van der Waals surface area contributed by atoms with Crippen molar-refractivity contribution in [3.63, 3.8) is 0 Å². The molecule has 0 radical (unpaired) electrons. The van der Waals surface area contributed by atoms with Gasteiger partial charge in [0.15, 0.2) is 6.29 Å². The minimum Gasteiger partial charge on any atom is -0.466 e. The molecule has 11 nitrogen and oxygen atoms in total. The zero-order valence-electron chi connectivity index (χ0n) is 52.1. The van der Waals surface area contributed by atoms with E-state index in [0.717, 1.165) is 64.2 Å². The summed E-state index contributed by atoms with van der Waals surface area (Å²) in [6.45, 7) is 4.23. The van der Waals surface area contributed by atoms with Gasteiger partial charge in [0.25, 0.3) is 0 Å². The van der Waals surface area contributed by atoms with Gasteiger partial charge >= 0.3 is 5.97 Å². The van der Waals surface area contributed by atoms with Crippen LogP contribution in [0.25, 0.3) is 0 Å². The van der Waals surface area contributed by atoms with E-state index < -0.39 is 49.5 Å². The first-order valence-electron chi connectivity index (χ1n) is 34.3. The molecule has 7 atom stereocenters. The summed E-state index contributed by atoms with van der Waals surface area (Å²) in [6.07, 6.45) is 64.5. The van der Waals surface area contributed by atoms with Crippen LogP contribution in [-0.4, -0.2) is 100 Å². The van der Waals surface area contributed by atoms with Crippen LogP contribution in [0.2, 0.25) is 0 Å². The van der Waals surface area contributed by atoms with Crippen molar-refractivity contribution in [1.82, 2.24) is 5.32 Å². The molecule has 470 valence electrons. The first kappa shape index (κ1) is 75.9. The molecule has 1 aliphatic heterocycles. The summed E-state index contributed by atoms with van der Waals surface area (Å²) < 4.78 is 16.7. The number of aliphatic hydroxyl groups excluding tert-OH is 5. The number of carbonyl (C=O) groups excluding carboxylic acids is 2. The van der Waals surface area contributed by atoms with Gasteiger partial charge in [-0.2, -0.15) is 0 Å². The molecule has 1 amide bonds. The first-order valence-corrected chi connectivity index (χ1v) is 34.3. The van der Waals surface area contributed by atoms with E-state index in [2.05, 4.69) is 43.5 Å².